The van der Waals surface area contributed by atoms with E-state index in [9.17, 15) is 0 Å². The number of ether oxygens (including phenoxy) is 1. The molecule has 1 aromatic rings. The number of aliphatic imine (C=N–C) groups is 1. The minimum atomic E-state index is 0.507. The summed E-state index contributed by atoms with van der Waals surface area (Å²) in [6.45, 7) is 3.50. The van der Waals surface area contributed by atoms with Gasteiger partial charge < -0.3 is 10.5 Å². The van der Waals surface area contributed by atoms with Gasteiger partial charge in [0, 0.05) is 10.8 Å². The number of nitrogens with zero attached hydrogens (tertiary/aromatic N) is 1. The molecule has 1 aromatic carbocycles. The Morgan fingerprint density at radius 2 is 2.36 bits per heavy atom. The van der Waals surface area contributed by atoms with Crippen LogP contribution in [-0.2, 0) is 0 Å². The first-order valence-corrected chi connectivity index (χ1v) is 5.68. The van der Waals surface area contributed by atoms with Crippen molar-refractivity contribution in [3.05, 3.63) is 16.6 Å². The molecular formula is C9H11BrN2OS. The van der Waals surface area contributed by atoms with Crippen molar-refractivity contribution in [1.82, 2.24) is 0 Å². The number of halogens is 1. The molecule has 0 aromatic heterocycles. The third kappa shape index (κ3) is 2.50. The molecule has 2 N–H and O–H groups in total. The molecule has 0 aliphatic heterocycles. The van der Waals surface area contributed by atoms with E-state index >= 15 is 0 Å². The summed E-state index contributed by atoms with van der Waals surface area (Å²) in [5.74, 6) is 1.28. The quantitative estimate of drug-likeness (QED) is 0.522. The van der Waals surface area contributed by atoms with Gasteiger partial charge in [-0.15, -0.1) is 11.8 Å². The van der Waals surface area contributed by atoms with E-state index in [4.69, 9.17) is 10.5 Å². The van der Waals surface area contributed by atoms with E-state index < -0.39 is 0 Å². The zero-order valence-corrected chi connectivity index (χ0v) is 10.2. The molecule has 5 heteroatoms. The second kappa shape index (κ2) is 5.38. The Balaban J connectivity index is 3.17. The van der Waals surface area contributed by atoms with Gasteiger partial charge in [0.15, 0.2) is 0 Å². The lowest BCUT2D eigenvalue weighted by atomic mass is 10.3. The van der Waals surface area contributed by atoms with E-state index in [2.05, 4.69) is 27.6 Å². The van der Waals surface area contributed by atoms with Gasteiger partial charge in [0.25, 0.3) is 0 Å². The topological polar surface area (TPSA) is 47.6 Å². The van der Waals surface area contributed by atoms with Crippen LogP contribution in [0, 0.1) is 0 Å². The van der Waals surface area contributed by atoms with Crippen molar-refractivity contribution in [2.45, 2.75) is 4.90 Å². The van der Waals surface area contributed by atoms with Crippen LogP contribution in [0.4, 0.5) is 5.69 Å². The van der Waals surface area contributed by atoms with E-state index in [1.807, 2.05) is 12.1 Å². The van der Waals surface area contributed by atoms with Gasteiger partial charge in [-0.3, -0.25) is 4.99 Å². The van der Waals surface area contributed by atoms with E-state index in [0.717, 1.165) is 20.8 Å². The van der Waals surface area contributed by atoms with Crippen LogP contribution in [0.1, 0.15) is 0 Å². The first-order valence-electron chi connectivity index (χ1n) is 3.90. The van der Waals surface area contributed by atoms with Crippen molar-refractivity contribution in [1.29, 1.82) is 0 Å². The highest BCUT2D eigenvalue weighted by molar-refractivity contribution is 9.10. The Morgan fingerprint density at radius 3 is 2.86 bits per heavy atom. The van der Waals surface area contributed by atoms with Crippen LogP contribution in [0.15, 0.2) is 26.5 Å². The monoisotopic (exact) mass is 274 g/mol. The lowest BCUT2D eigenvalue weighted by molar-refractivity contribution is 0.411. The van der Waals surface area contributed by atoms with Crippen LogP contribution >= 0.6 is 27.7 Å². The SMILES string of the molecule is C=Nc1cc(Br)c(OC)cc1SCN. The first kappa shape index (κ1) is 11.6. The van der Waals surface area contributed by atoms with Crippen molar-refractivity contribution < 1.29 is 4.74 Å². The van der Waals surface area contributed by atoms with Crippen LogP contribution in [0.3, 0.4) is 0 Å². The predicted molar refractivity (Wildman–Crippen MR) is 64.8 cm³/mol. The van der Waals surface area contributed by atoms with Crippen LogP contribution in [0.25, 0.3) is 0 Å². The Labute approximate surface area is 95.9 Å². The molecule has 1 rings (SSSR count). The molecular weight excluding hydrogens is 264 g/mol. The van der Waals surface area contributed by atoms with E-state index in [1.165, 1.54) is 11.8 Å². The summed E-state index contributed by atoms with van der Waals surface area (Å²) in [7, 11) is 1.62. The van der Waals surface area contributed by atoms with Gasteiger partial charge in [-0.05, 0) is 34.8 Å². The van der Waals surface area contributed by atoms with Gasteiger partial charge in [0.05, 0.1) is 17.3 Å². The Morgan fingerprint density at radius 1 is 1.64 bits per heavy atom. The molecule has 0 heterocycles. The Bertz CT molecular complexity index is 344. The minimum Gasteiger partial charge on any atom is -0.496 e. The fourth-order valence-corrected chi connectivity index (χ4v) is 2.14. The van der Waals surface area contributed by atoms with E-state index in [-0.39, 0.29) is 0 Å². The van der Waals surface area contributed by atoms with Crippen LogP contribution in [0.5, 0.6) is 5.75 Å². The molecule has 0 bridgehead atoms. The fourth-order valence-electron chi connectivity index (χ4n) is 1.01. The maximum atomic E-state index is 5.46. The molecule has 0 aliphatic rings. The number of thioether (sulfide) groups is 1. The fraction of sp³-hybridized carbons (Fsp3) is 0.222. The maximum absolute atomic E-state index is 5.46. The zero-order valence-electron chi connectivity index (χ0n) is 7.79. The number of rotatable bonds is 4. The maximum Gasteiger partial charge on any atom is 0.134 e. The normalized spacial score (nSPS) is 9.93. The van der Waals surface area contributed by atoms with Crippen LogP contribution < -0.4 is 10.5 Å². The molecule has 14 heavy (non-hydrogen) atoms. The molecule has 0 fully saturated rings. The third-order valence-electron chi connectivity index (χ3n) is 1.64. The Hall–Kier alpha value is -0.520. The molecule has 0 aliphatic carbocycles. The molecule has 0 radical (unpaired) electrons. The van der Waals surface area contributed by atoms with Gasteiger partial charge in [-0.1, -0.05) is 0 Å². The van der Waals surface area contributed by atoms with Crippen molar-refractivity contribution in [2.24, 2.45) is 10.7 Å². The summed E-state index contributed by atoms with van der Waals surface area (Å²) >= 11 is 4.89. The summed E-state index contributed by atoms with van der Waals surface area (Å²) in [6, 6.07) is 3.76. The molecule has 0 saturated heterocycles. The van der Waals surface area contributed by atoms with Gasteiger partial charge >= 0.3 is 0 Å². The van der Waals surface area contributed by atoms with Crippen molar-refractivity contribution >= 4 is 40.1 Å². The second-order valence-corrected chi connectivity index (χ2v) is 4.34. The van der Waals surface area contributed by atoms with E-state index in [1.54, 1.807) is 7.11 Å². The number of hydrogen-bond donors (Lipinski definition) is 1. The van der Waals surface area contributed by atoms with Crippen molar-refractivity contribution in [3.8, 4) is 5.75 Å². The smallest absolute Gasteiger partial charge is 0.134 e. The average Bonchev–Trinajstić information content (AvgIpc) is 2.20. The van der Waals surface area contributed by atoms with Crippen LogP contribution in [0.2, 0.25) is 0 Å². The predicted octanol–water partition coefficient (Wildman–Crippen LogP) is 2.80. The van der Waals surface area contributed by atoms with E-state index in [0.29, 0.717) is 5.88 Å². The molecule has 0 saturated carbocycles. The van der Waals surface area contributed by atoms with Gasteiger partial charge in [-0.2, -0.15) is 0 Å². The van der Waals surface area contributed by atoms with Gasteiger partial charge in [-0.25, -0.2) is 0 Å². The largest absolute Gasteiger partial charge is 0.496 e. The molecule has 0 atom stereocenters. The highest BCUT2D eigenvalue weighted by Gasteiger charge is 2.07. The third-order valence-corrected chi connectivity index (χ3v) is 3.07. The van der Waals surface area contributed by atoms with Gasteiger partial charge in [0.2, 0.25) is 0 Å². The first-order chi connectivity index (χ1) is 6.72. The highest BCUT2D eigenvalue weighted by Crippen LogP contribution is 2.37. The Kier molecular flexibility index (Phi) is 4.44. The molecule has 0 spiro atoms. The standard InChI is InChI=1S/C9H11BrN2OS/c1-12-7-3-6(10)8(13-2)4-9(7)14-5-11/h3-4H,1,5,11H2,2H3. The number of nitrogens with two attached hydrogens (primary N) is 1. The van der Waals surface area contributed by atoms with Crippen molar-refractivity contribution in [3.63, 3.8) is 0 Å². The summed E-state index contributed by atoms with van der Waals surface area (Å²) in [5.41, 5.74) is 6.28. The van der Waals surface area contributed by atoms with Crippen LogP contribution in [-0.4, -0.2) is 19.7 Å². The van der Waals surface area contributed by atoms with Gasteiger partial charge in [0.1, 0.15) is 5.75 Å². The highest BCUT2D eigenvalue weighted by atomic mass is 79.9. The van der Waals surface area contributed by atoms with Crippen molar-refractivity contribution in [2.75, 3.05) is 13.0 Å². The number of methoxy groups -OCH3 is 1. The summed E-state index contributed by atoms with van der Waals surface area (Å²) in [4.78, 5) is 4.89. The second-order valence-electron chi connectivity index (χ2n) is 2.42. The zero-order chi connectivity index (χ0) is 10.6. The summed E-state index contributed by atoms with van der Waals surface area (Å²) in [6.07, 6.45) is 0. The number of benzene rings is 1. The summed E-state index contributed by atoms with van der Waals surface area (Å²) < 4.78 is 6.03. The average molecular weight is 275 g/mol. The molecule has 0 amide bonds. The molecule has 0 unspecified atom stereocenters. The summed E-state index contributed by atoms with van der Waals surface area (Å²) in [5, 5.41) is 0. The minimum absolute atomic E-state index is 0.507. The lowest BCUT2D eigenvalue weighted by Crippen LogP contribution is -1.93. The lowest BCUT2D eigenvalue weighted by Gasteiger charge is -2.08. The molecule has 76 valence electrons. The molecule has 3 nitrogen and oxygen atoms in total. The number of hydrogen-bond acceptors (Lipinski definition) is 4.